The number of sulfonamides is 1. The molecule has 3 N–H and O–H groups in total. The lowest BCUT2D eigenvalue weighted by atomic mass is 10.3. The van der Waals surface area contributed by atoms with Crippen molar-refractivity contribution in [3.8, 4) is 5.75 Å². The Morgan fingerprint density at radius 2 is 1.91 bits per heavy atom. The number of nitrogens with zero attached hydrogens (tertiary/aromatic N) is 1. The zero-order chi connectivity index (χ0) is 16.8. The van der Waals surface area contributed by atoms with Gasteiger partial charge < -0.3 is 15.8 Å². The van der Waals surface area contributed by atoms with Crippen LogP contribution in [0.25, 0.3) is 0 Å². The molecule has 1 rings (SSSR count). The number of rotatable bonds is 8. The molecular weight excluding hydrogens is 306 g/mol. The Bertz CT molecular complexity index is 613. The number of hydrogen-bond acceptors (Lipinski definition) is 5. The Hall–Kier alpha value is -1.64. The van der Waals surface area contributed by atoms with Gasteiger partial charge in [-0.05, 0) is 25.1 Å². The van der Waals surface area contributed by atoms with Crippen LogP contribution in [-0.2, 0) is 14.8 Å². The predicted octanol–water partition coefficient (Wildman–Crippen LogP) is 1.01. The number of hydrogen-bond donors (Lipinski definition) is 2. The van der Waals surface area contributed by atoms with Crippen LogP contribution >= 0.6 is 0 Å². The molecule has 0 spiro atoms. The van der Waals surface area contributed by atoms with Crippen molar-refractivity contribution in [1.29, 1.82) is 0 Å². The van der Waals surface area contributed by atoms with Gasteiger partial charge in [0, 0.05) is 18.8 Å². The maximum atomic E-state index is 12.7. The quantitative estimate of drug-likeness (QED) is 0.741. The Labute approximate surface area is 131 Å². The van der Waals surface area contributed by atoms with Gasteiger partial charge in [0.2, 0.25) is 15.9 Å². The van der Waals surface area contributed by atoms with Crippen molar-refractivity contribution in [3.05, 3.63) is 18.2 Å². The Morgan fingerprint density at radius 1 is 1.27 bits per heavy atom. The number of nitrogens with one attached hydrogen (secondary N) is 1. The van der Waals surface area contributed by atoms with Gasteiger partial charge in [0.15, 0.2) is 0 Å². The molecular formula is C14H23N3O4S. The minimum Gasteiger partial charge on any atom is -0.492 e. The largest absolute Gasteiger partial charge is 0.492 e. The molecule has 0 radical (unpaired) electrons. The zero-order valence-corrected chi connectivity index (χ0v) is 13.9. The number of nitrogens with two attached hydrogens (primary N) is 1. The van der Waals surface area contributed by atoms with E-state index in [4.69, 9.17) is 10.5 Å². The van der Waals surface area contributed by atoms with Gasteiger partial charge >= 0.3 is 0 Å². The normalized spacial score (nSPS) is 11.5. The molecule has 1 aromatic rings. The second-order valence-corrected chi connectivity index (χ2v) is 6.34. The van der Waals surface area contributed by atoms with Crippen molar-refractivity contribution >= 4 is 21.6 Å². The summed E-state index contributed by atoms with van der Waals surface area (Å²) in [6.45, 7) is 6.18. The molecule has 0 atom stereocenters. The van der Waals surface area contributed by atoms with Crippen molar-refractivity contribution in [2.75, 3.05) is 31.6 Å². The minimum atomic E-state index is -3.69. The third-order valence-electron chi connectivity index (χ3n) is 3.04. The zero-order valence-electron chi connectivity index (χ0n) is 13.1. The fourth-order valence-electron chi connectivity index (χ4n) is 1.98. The maximum Gasteiger partial charge on any atom is 0.246 e. The molecule has 0 heterocycles. The average Bonchev–Trinajstić information content (AvgIpc) is 2.49. The topological polar surface area (TPSA) is 102 Å². The third kappa shape index (κ3) is 4.19. The van der Waals surface area contributed by atoms with E-state index in [0.717, 1.165) is 0 Å². The molecule has 1 amide bonds. The van der Waals surface area contributed by atoms with E-state index in [2.05, 4.69) is 5.32 Å². The van der Waals surface area contributed by atoms with Crippen LogP contribution in [0.1, 0.15) is 20.8 Å². The molecule has 0 fully saturated rings. The Morgan fingerprint density at radius 3 is 2.41 bits per heavy atom. The first-order valence-corrected chi connectivity index (χ1v) is 8.61. The Balaban J connectivity index is 3.34. The smallest absolute Gasteiger partial charge is 0.246 e. The molecule has 0 aliphatic heterocycles. The lowest BCUT2D eigenvalue weighted by Gasteiger charge is -2.21. The van der Waals surface area contributed by atoms with Gasteiger partial charge in [-0.25, -0.2) is 8.42 Å². The molecule has 124 valence electrons. The number of benzene rings is 1. The van der Waals surface area contributed by atoms with Crippen molar-refractivity contribution in [3.63, 3.8) is 0 Å². The highest BCUT2D eigenvalue weighted by Gasteiger charge is 2.26. The van der Waals surface area contributed by atoms with Gasteiger partial charge in [-0.1, -0.05) is 13.8 Å². The molecule has 0 saturated carbocycles. The number of anilines is 1. The van der Waals surface area contributed by atoms with Gasteiger partial charge in [0.25, 0.3) is 0 Å². The second-order valence-electron chi connectivity index (χ2n) is 4.44. The lowest BCUT2D eigenvalue weighted by Crippen LogP contribution is -2.31. The van der Waals surface area contributed by atoms with Crippen LogP contribution in [0.5, 0.6) is 5.75 Å². The predicted molar refractivity (Wildman–Crippen MR) is 85.4 cm³/mol. The van der Waals surface area contributed by atoms with Gasteiger partial charge in [-0.2, -0.15) is 4.31 Å². The lowest BCUT2D eigenvalue weighted by molar-refractivity contribution is -0.114. The van der Waals surface area contributed by atoms with E-state index in [-0.39, 0.29) is 17.2 Å². The summed E-state index contributed by atoms with van der Waals surface area (Å²) in [5, 5.41) is 2.55. The van der Waals surface area contributed by atoms with Crippen LogP contribution < -0.4 is 15.8 Å². The third-order valence-corrected chi connectivity index (χ3v) is 5.11. The molecule has 8 heteroatoms. The monoisotopic (exact) mass is 329 g/mol. The standard InChI is InChI=1S/C14H23N3O4S/c1-4-17(5-2)22(19,20)13-9-11(16-14(18)10-15)7-8-12(13)21-6-3/h7-9H,4-6,10,15H2,1-3H3,(H,16,18). The van der Waals surface area contributed by atoms with E-state index in [9.17, 15) is 13.2 Å². The molecule has 0 bridgehead atoms. The SMILES string of the molecule is CCOc1ccc(NC(=O)CN)cc1S(=O)(=O)N(CC)CC. The van der Waals surface area contributed by atoms with Crippen molar-refractivity contribution in [2.45, 2.75) is 25.7 Å². The molecule has 7 nitrogen and oxygen atoms in total. The first kappa shape index (κ1) is 18.4. The molecule has 1 aromatic carbocycles. The molecule has 0 unspecified atom stereocenters. The van der Waals surface area contributed by atoms with Crippen LogP contribution in [-0.4, -0.2) is 44.9 Å². The first-order valence-electron chi connectivity index (χ1n) is 7.17. The Kier molecular flexibility index (Phi) is 6.79. The van der Waals surface area contributed by atoms with Crippen LogP contribution in [0.15, 0.2) is 23.1 Å². The van der Waals surface area contributed by atoms with E-state index in [0.29, 0.717) is 25.4 Å². The molecule has 0 aliphatic rings. The molecule has 0 aromatic heterocycles. The van der Waals surface area contributed by atoms with E-state index < -0.39 is 15.9 Å². The van der Waals surface area contributed by atoms with Gasteiger partial charge in [0.05, 0.1) is 13.2 Å². The summed E-state index contributed by atoms with van der Waals surface area (Å²) in [7, 11) is -3.69. The highest BCUT2D eigenvalue weighted by Crippen LogP contribution is 2.30. The summed E-state index contributed by atoms with van der Waals surface area (Å²) in [4.78, 5) is 11.4. The summed E-state index contributed by atoms with van der Waals surface area (Å²) < 4.78 is 32.2. The van der Waals surface area contributed by atoms with Crippen molar-refractivity contribution in [1.82, 2.24) is 4.31 Å². The summed E-state index contributed by atoms with van der Waals surface area (Å²) in [6, 6.07) is 4.51. The maximum absolute atomic E-state index is 12.7. The number of carbonyl (C=O) groups is 1. The van der Waals surface area contributed by atoms with E-state index in [1.165, 1.54) is 16.4 Å². The fourth-order valence-corrected chi connectivity index (χ4v) is 3.59. The van der Waals surface area contributed by atoms with Gasteiger partial charge in [0.1, 0.15) is 10.6 Å². The molecule has 0 aliphatic carbocycles. The van der Waals surface area contributed by atoms with Crippen LogP contribution in [0.4, 0.5) is 5.69 Å². The van der Waals surface area contributed by atoms with Gasteiger partial charge in [-0.3, -0.25) is 4.79 Å². The van der Waals surface area contributed by atoms with Crippen molar-refractivity contribution < 1.29 is 17.9 Å². The fraction of sp³-hybridized carbons (Fsp3) is 0.500. The number of amides is 1. The second kappa shape index (κ2) is 8.11. The summed E-state index contributed by atoms with van der Waals surface area (Å²) >= 11 is 0. The summed E-state index contributed by atoms with van der Waals surface area (Å²) in [5.41, 5.74) is 5.61. The number of ether oxygens (including phenoxy) is 1. The van der Waals surface area contributed by atoms with Crippen LogP contribution in [0, 0.1) is 0 Å². The first-order chi connectivity index (χ1) is 10.4. The average molecular weight is 329 g/mol. The van der Waals surface area contributed by atoms with Crippen LogP contribution in [0.3, 0.4) is 0 Å². The number of carbonyl (C=O) groups excluding carboxylic acids is 1. The van der Waals surface area contributed by atoms with Crippen molar-refractivity contribution in [2.24, 2.45) is 5.73 Å². The van der Waals surface area contributed by atoms with E-state index in [1.54, 1.807) is 26.8 Å². The highest BCUT2D eigenvalue weighted by atomic mass is 32.2. The van der Waals surface area contributed by atoms with Gasteiger partial charge in [-0.15, -0.1) is 0 Å². The van der Waals surface area contributed by atoms with E-state index in [1.807, 2.05) is 0 Å². The van der Waals surface area contributed by atoms with E-state index >= 15 is 0 Å². The summed E-state index contributed by atoms with van der Waals surface area (Å²) in [5.74, 6) is -0.129. The molecule has 22 heavy (non-hydrogen) atoms. The van der Waals surface area contributed by atoms with Crippen LogP contribution in [0.2, 0.25) is 0 Å². The summed E-state index contributed by atoms with van der Waals surface area (Å²) in [6.07, 6.45) is 0. The minimum absolute atomic E-state index is 0.0351. The highest BCUT2D eigenvalue weighted by molar-refractivity contribution is 7.89. The molecule has 0 saturated heterocycles.